The van der Waals surface area contributed by atoms with E-state index < -0.39 is 29.6 Å². The van der Waals surface area contributed by atoms with E-state index in [1.807, 2.05) is 6.07 Å². The number of ether oxygens (including phenoxy) is 1. The molecule has 0 unspecified atom stereocenters. The number of rotatable bonds is 4. The fourth-order valence-electron chi connectivity index (χ4n) is 3.84. The highest BCUT2D eigenvalue weighted by Gasteiger charge is 2.41. The Bertz CT molecular complexity index is 1420. The van der Waals surface area contributed by atoms with Gasteiger partial charge in [-0.2, -0.15) is 23.5 Å². The zero-order valence-corrected chi connectivity index (χ0v) is 18.8. The van der Waals surface area contributed by atoms with Crippen LogP contribution in [0.1, 0.15) is 51.9 Å². The number of aromatic nitrogens is 2. The summed E-state index contributed by atoms with van der Waals surface area (Å²) in [6.07, 6.45) is -3.17. The molecule has 0 bridgehead atoms. The van der Waals surface area contributed by atoms with Crippen molar-refractivity contribution in [1.29, 1.82) is 5.26 Å². The number of alkyl halides is 3. The summed E-state index contributed by atoms with van der Waals surface area (Å²) >= 11 is 0. The zero-order valence-electron chi connectivity index (χ0n) is 18.8. The van der Waals surface area contributed by atoms with E-state index in [9.17, 15) is 28.0 Å². The maximum absolute atomic E-state index is 13.5. The molecule has 1 atom stereocenters. The van der Waals surface area contributed by atoms with Crippen LogP contribution in [0.5, 0.6) is 5.75 Å². The third kappa shape index (κ3) is 4.14. The summed E-state index contributed by atoms with van der Waals surface area (Å²) in [5.41, 5.74) is 0.520. The Hall–Kier alpha value is -4.46. The number of nitriles is 1. The molecule has 2 aromatic carbocycles. The molecule has 0 spiro atoms. The number of carbonyl (C=O) groups excluding carboxylic acids is 2. The van der Waals surface area contributed by atoms with Gasteiger partial charge in [-0.15, -0.1) is 4.58 Å². The average molecular weight is 482 g/mol. The van der Waals surface area contributed by atoms with Gasteiger partial charge in [-0.25, -0.2) is 9.48 Å². The highest BCUT2D eigenvalue weighted by Crippen LogP contribution is 2.33. The van der Waals surface area contributed by atoms with Crippen molar-refractivity contribution in [3.63, 3.8) is 0 Å². The zero-order chi connectivity index (χ0) is 25.5. The lowest BCUT2D eigenvalue weighted by atomic mass is 10.1. The lowest BCUT2D eigenvalue weighted by Crippen LogP contribution is -2.37. The molecule has 8 nitrogen and oxygen atoms in total. The normalized spacial score (nSPS) is 15.5. The maximum Gasteiger partial charge on any atom is 0.445 e. The minimum atomic E-state index is -4.50. The van der Waals surface area contributed by atoms with E-state index in [1.54, 1.807) is 13.8 Å². The number of anilines is 1. The molecule has 4 rings (SSSR count). The first-order valence-corrected chi connectivity index (χ1v) is 10.4. The summed E-state index contributed by atoms with van der Waals surface area (Å²) in [4.78, 5) is 26.3. The molecule has 0 saturated heterocycles. The number of nitrogens with zero attached hydrogens (tertiary/aromatic N) is 4. The Balaban J connectivity index is 1.68. The lowest BCUT2D eigenvalue weighted by Gasteiger charge is -2.19. The van der Waals surface area contributed by atoms with Gasteiger partial charge in [0.25, 0.3) is 5.91 Å². The monoisotopic (exact) mass is 482 g/mol. The molecule has 2 amide bonds. The summed E-state index contributed by atoms with van der Waals surface area (Å²) < 4.78 is 46.8. The van der Waals surface area contributed by atoms with Crippen LogP contribution in [0, 0.1) is 11.3 Å². The number of halogens is 3. The Kier molecular flexibility index (Phi) is 5.90. The van der Waals surface area contributed by atoms with Crippen molar-refractivity contribution in [2.24, 2.45) is 0 Å². The summed E-state index contributed by atoms with van der Waals surface area (Å²) in [5.74, 6) is -0.817. The minimum absolute atomic E-state index is 0.0744. The van der Waals surface area contributed by atoms with Crippen molar-refractivity contribution >= 4 is 28.9 Å². The van der Waals surface area contributed by atoms with Crippen molar-refractivity contribution in [3.05, 3.63) is 71.0 Å². The van der Waals surface area contributed by atoms with Gasteiger partial charge in [-0.05, 0) is 37.3 Å². The Morgan fingerprint density at radius 2 is 1.91 bits per heavy atom. The van der Waals surface area contributed by atoms with E-state index in [-0.39, 0.29) is 28.2 Å². The third-order valence-corrected chi connectivity index (χ3v) is 5.81. The van der Waals surface area contributed by atoms with Crippen LogP contribution in [0.2, 0.25) is 0 Å². The van der Waals surface area contributed by atoms with E-state index in [4.69, 9.17) is 4.74 Å². The second-order valence-electron chi connectivity index (χ2n) is 7.83. The van der Waals surface area contributed by atoms with E-state index in [0.29, 0.717) is 11.5 Å². The molecule has 11 heteroatoms. The average Bonchev–Trinajstić information content (AvgIpc) is 3.26. The molecule has 0 radical (unpaired) electrons. The van der Waals surface area contributed by atoms with Crippen LogP contribution < -0.4 is 10.1 Å². The summed E-state index contributed by atoms with van der Waals surface area (Å²) in [6, 6.07) is 10.1. The Morgan fingerprint density at radius 1 is 1.23 bits per heavy atom. The van der Waals surface area contributed by atoms with Gasteiger partial charge in [-0.3, -0.25) is 4.79 Å². The highest BCUT2D eigenvalue weighted by atomic mass is 19.4. The van der Waals surface area contributed by atoms with E-state index in [2.05, 4.69) is 10.4 Å². The largest absolute Gasteiger partial charge is 0.495 e. The quantitative estimate of drug-likeness (QED) is 0.550. The predicted molar refractivity (Wildman–Crippen MR) is 119 cm³/mol. The molecule has 1 aliphatic rings. The molecule has 1 aromatic heterocycles. The molecule has 0 aliphatic carbocycles. The van der Waals surface area contributed by atoms with Crippen LogP contribution >= 0.6 is 0 Å². The fourth-order valence-corrected chi connectivity index (χ4v) is 3.84. The van der Waals surface area contributed by atoms with Crippen molar-refractivity contribution in [1.82, 2.24) is 9.78 Å². The summed E-state index contributed by atoms with van der Waals surface area (Å²) in [7, 11) is 1.41. The molecule has 0 saturated carbocycles. The molecular weight excluding hydrogens is 463 g/mol. The number of methoxy groups -OCH3 is 1. The van der Waals surface area contributed by atoms with Gasteiger partial charge in [0.05, 0.1) is 30.1 Å². The molecule has 1 aliphatic heterocycles. The van der Waals surface area contributed by atoms with E-state index in [0.717, 1.165) is 12.1 Å². The van der Waals surface area contributed by atoms with Crippen molar-refractivity contribution in [2.45, 2.75) is 26.1 Å². The van der Waals surface area contributed by atoms with Crippen LogP contribution in [-0.4, -0.2) is 39.0 Å². The topological polar surface area (TPSA) is 100 Å². The van der Waals surface area contributed by atoms with Crippen LogP contribution in [-0.2, 0) is 6.18 Å². The molecular formula is C24H19F3N5O3+. The molecule has 3 aromatic rings. The molecule has 35 heavy (non-hydrogen) atoms. The van der Waals surface area contributed by atoms with Crippen LogP contribution in [0.15, 0.2) is 48.7 Å². The van der Waals surface area contributed by atoms with Crippen molar-refractivity contribution < 1.29 is 32.1 Å². The number of nitrogens with one attached hydrogen (secondary N) is 1. The fraction of sp³-hybridized carbons (Fsp3) is 0.208. The smallest absolute Gasteiger partial charge is 0.445 e. The molecule has 0 fully saturated rings. The summed E-state index contributed by atoms with van der Waals surface area (Å²) in [6.45, 7) is 3.47. The van der Waals surface area contributed by atoms with Gasteiger partial charge < -0.3 is 10.1 Å². The van der Waals surface area contributed by atoms with E-state index >= 15 is 0 Å². The number of amides is 2. The number of hydrogen-bond donors (Lipinski definition) is 1. The molecule has 178 valence electrons. The first-order chi connectivity index (χ1) is 16.6. The SMILES string of the molecule is COc1ccc(C(=O)Nc2cnn3c2C(=O)[N+](c2ccc(C(F)(F)F)cc2)=C(C)[C@@H]3C)cc1C#N. The second-order valence-corrected chi connectivity index (χ2v) is 7.83. The van der Waals surface area contributed by atoms with E-state index in [1.165, 1.54) is 52.9 Å². The number of hydrogen-bond acceptors (Lipinski definition) is 5. The predicted octanol–water partition coefficient (Wildman–Crippen LogP) is 4.55. The number of carbonyl (C=O) groups is 2. The second kappa shape index (κ2) is 8.72. The summed E-state index contributed by atoms with van der Waals surface area (Å²) in [5, 5.41) is 16.1. The number of benzene rings is 2. The highest BCUT2D eigenvalue weighted by molar-refractivity contribution is 6.09. The van der Waals surface area contributed by atoms with Crippen LogP contribution in [0.25, 0.3) is 0 Å². The van der Waals surface area contributed by atoms with Crippen molar-refractivity contribution in [2.75, 3.05) is 12.4 Å². The first kappa shape index (κ1) is 23.7. The van der Waals surface area contributed by atoms with Gasteiger partial charge >= 0.3 is 12.1 Å². The number of fused-ring (bicyclic) bond motifs is 1. The van der Waals surface area contributed by atoms with Crippen LogP contribution in [0.3, 0.4) is 0 Å². The minimum Gasteiger partial charge on any atom is -0.495 e. The van der Waals surface area contributed by atoms with Gasteiger partial charge in [0.2, 0.25) is 11.4 Å². The molecule has 2 heterocycles. The first-order valence-electron chi connectivity index (χ1n) is 10.4. The Morgan fingerprint density at radius 3 is 2.51 bits per heavy atom. The van der Waals surface area contributed by atoms with Gasteiger partial charge in [-0.1, -0.05) is 0 Å². The Labute approximate surface area is 197 Å². The van der Waals surface area contributed by atoms with Gasteiger partial charge in [0.1, 0.15) is 17.9 Å². The molecule has 1 N–H and O–H groups in total. The van der Waals surface area contributed by atoms with Crippen molar-refractivity contribution in [3.8, 4) is 11.8 Å². The van der Waals surface area contributed by atoms with Crippen LogP contribution in [0.4, 0.5) is 24.5 Å². The van der Waals surface area contributed by atoms with Gasteiger partial charge in [0.15, 0.2) is 5.71 Å². The third-order valence-electron chi connectivity index (χ3n) is 5.81. The lowest BCUT2D eigenvalue weighted by molar-refractivity contribution is -0.342. The van der Waals surface area contributed by atoms with Gasteiger partial charge in [0, 0.05) is 24.6 Å². The maximum atomic E-state index is 13.5. The standard InChI is InChI=1S/C24H18F3N5O3/c1-13-14(2)32-21(23(34)31(13)18-7-5-17(6-8-18)24(25,26)27)19(12-29-32)30-22(33)15-4-9-20(35-3)16(10-15)11-28/h4-10,12,14H,1-3H3/p+1/t14-/m0/s1.